The van der Waals surface area contributed by atoms with Gasteiger partial charge in [0.25, 0.3) is 5.89 Å². The van der Waals surface area contributed by atoms with Gasteiger partial charge >= 0.3 is 0 Å². The predicted octanol–water partition coefficient (Wildman–Crippen LogP) is 3.34. The summed E-state index contributed by atoms with van der Waals surface area (Å²) in [5.41, 5.74) is 1.82. The molecule has 2 aromatic rings. The quantitative estimate of drug-likeness (QED) is 0.809. The lowest BCUT2D eigenvalue weighted by atomic mass is 10.1. The molecule has 0 N–H and O–H groups in total. The van der Waals surface area contributed by atoms with E-state index in [1.165, 1.54) is 0 Å². The molecule has 0 aliphatic heterocycles. The SMILES string of the molecule is CCCC(C)c1nnc(-c2ncccc2C)o1. The molecule has 90 valence electrons. The second-order valence-electron chi connectivity index (χ2n) is 4.30. The molecule has 0 spiro atoms. The van der Waals surface area contributed by atoms with Gasteiger partial charge in [0.2, 0.25) is 5.89 Å². The fraction of sp³-hybridized carbons (Fsp3) is 0.462. The van der Waals surface area contributed by atoms with Crippen LogP contribution >= 0.6 is 0 Å². The number of nitrogens with zero attached hydrogens (tertiary/aromatic N) is 3. The standard InChI is InChI=1S/C13H17N3O/c1-4-6-10(3)12-15-16-13(17-12)11-9(2)7-5-8-14-11/h5,7-8,10H,4,6H2,1-3H3. The molecule has 2 aromatic heterocycles. The highest BCUT2D eigenvalue weighted by Crippen LogP contribution is 2.24. The summed E-state index contributed by atoms with van der Waals surface area (Å²) in [5.74, 6) is 1.53. The number of hydrogen-bond acceptors (Lipinski definition) is 4. The van der Waals surface area contributed by atoms with Crippen molar-refractivity contribution in [3.8, 4) is 11.6 Å². The Morgan fingerprint density at radius 1 is 1.35 bits per heavy atom. The lowest BCUT2D eigenvalue weighted by molar-refractivity contribution is 0.451. The molecule has 0 radical (unpaired) electrons. The highest BCUT2D eigenvalue weighted by atomic mass is 16.4. The van der Waals surface area contributed by atoms with Gasteiger partial charge in [0.05, 0.1) is 0 Å². The number of hydrogen-bond donors (Lipinski definition) is 0. The van der Waals surface area contributed by atoms with E-state index in [9.17, 15) is 0 Å². The first-order valence-corrected chi connectivity index (χ1v) is 5.97. The maximum Gasteiger partial charge on any atom is 0.266 e. The van der Waals surface area contributed by atoms with Crippen LogP contribution in [-0.2, 0) is 0 Å². The molecule has 4 heteroatoms. The topological polar surface area (TPSA) is 51.8 Å². The molecule has 2 heterocycles. The van der Waals surface area contributed by atoms with E-state index in [0.717, 1.165) is 24.1 Å². The lowest BCUT2D eigenvalue weighted by Gasteiger charge is -2.02. The molecule has 0 amide bonds. The molecule has 1 atom stereocenters. The Morgan fingerprint density at radius 2 is 2.18 bits per heavy atom. The fourth-order valence-corrected chi connectivity index (χ4v) is 1.80. The summed E-state index contributed by atoms with van der Waals surface area (Å²) in [5, 5.41) is 8.17. The second kappa shape index (κ2) is 5.08. The maximum absolute atomic E-state index is 5.68. The average molecular weight is 231 g/mol. The van der Waals surface area contributed by atoms with Crippen LogP contribution in [0.15, 0.2) is 22.7 Å². The first kappa shape index (κ1) is 11.8. The van der Waals surface area contributed by atoms with Gasteiger partial charge in [0.15, 0.2) is 0 Å². The Hall–Kier alpha value is -1.71. The van der Waals surface area contributed by atoms with Crippen LogP contribution in [0.3, 0.4) is 0 Å². The van der Waals surface area contributed by atoms with Gasteiger partial charge in [0.1, 0.15) is 5.69 Å². The van der Waals surface area contributed by atoms with Crippen LogP contribution in [0.5, 0.6) is 0 Å². The summed E-state index contributed by atoms with van der Waals surface area (Å²) in [6.45, 7) is 6.24. The molecular formula is C13H17N3O. The smallest absolute Gasteiger partial charge is 0.266 e. The van der Waals surface area contributed by atoms with Crippen molar-refractivity contribution >= 4 is 0 Å². The van der Waals surface area contributed by atoms with E-state index in [1.807, 2.05) is 19.1 Å². The van der Waals surface area contributed by atoms with Crippen LogP contribution in [-0.4, -0.2) is 15.2 Å². The molecule has 0 aromatic carbocycles. The Morgan fingerprint density at radius 3 is 2.88 bits per heavy atom. The zero-order valence-electron chi connectivity index (χ0n) is 10.5. The van der Waals surface area contributed by atoms with Gasteiger partial charge in [-0.05, 0) is 25.0 Å². The van der Waals surface area contributed by atoms with E-state index in [4.69, 9.17) is 4.42 Å². The van der Waals surface area contributed by atoms with E-state index in [2.05, 4.69) is 29.0 Å². The van der Waals surface area contributed by atoms with Gasteiger partial charge in [-0.3, -0.25) is 4.98 Å². The van der Waals surface area contributed by atoms with Gasteiger partial charge < -0.3 is 4.42 Å². The molecule has 0 bridgehead atoms. The molecule has 0 saturated carbocycles. The zero-order valence-corrected chi connectivity index (χ0v) is 10.5. The van der Waals surface area contributed by atoms with Crippen LogP contribution in [0, 0.1) is 6.92 Å². The van der Waals surface area contributed by atoms with E-state index < -0.39 is 0 Å². The zero-order chi connectivity index (χ0) is 12.3. The third-order valence-electron chi connectivity index (χ3n) is 2.80. The normalized spacial score (nSPS) is 12.6. The Kier molecular flexibility index (Phi) is 3.52. The van der Waals surface area contributed by atoms with E-state index >= 15 is 0 Å². The lowest BCUT2D eigenvalue weighted by Crippen LogP contribution is -1.92. The summed E-state index contributed by atoms with van der Waals surface area (Å²) in [6, 6.07) is 3.89. The Balaban J connectivity index is 2.27. The molecule has 1 unspecified atom stereocenters. The van der Waals surface area contributed by atoms with E-state index in [-0.39, 0.29) is 0 Å². The first-order valence-electron chi connectivity index (χ1n) is 5.97. The third kappa shape index (κ3) is 2.52. The summed E-state index contributed by atoms with van der Waals surface area (Å²) >= 11 is 0. The van der Waals surface area contributed by atoms with Gasteiger partial charge in [-0.2, -0.15) is 0 Å². The van der Waals surface area contributed by atoms with Crippen LogP contribution in [0.4, 0.5) is 0 Å². The van der Waals surface area contributed by atoms with Crippen molar-refractivity contribution in [2.75, 3.05) is 0 Å². The predicted molar refractivity (Wildman–Crippen MR) is 65.6 cm³/mol. The third-order valence-corrected chi connectivity index (χ3v) is 2.80. The van der Waals surface area contributed by atoms with Crippen LogP contribution in [0.2, 0.25) is 0 Å². The fourth-order valence-electron chi connectivity index (χ4n) is 1.80. The molecule has 0 fully saturated rings. The largest absolute Gasteiger partial charge is 0.419 e. The molecule has 0 saturated heterocycles. The number of aromatic nitrogens is 3. The molecule has 2 rings (SSSR count). The molecule has 0 aliphatic carbocycles. The van der Waals surface area contributed by atoms with Crippen LogP contribution in [0.25, 0.3) is 11.6 Å². The number of pyridine rings is 1. The van der Waals surface area contributed by atoms with Crippen molar-refractivity contribution in [3.63, 3.8) is 0 Å². The van der Waals surface area contributed by atoms with Crippen LogP contribution in [0.1, 0.15) is 44.1 Å². The van der Waals surface area contributed by atoms with Crippen molar-refractivity contribution in [2.24, 2.45) is 0 Å². The average Bonchev–Trinajstić information content (AvgIpc) is 2.79. The molecular weight excluding hydrogens is 214 g/mol. The minimum atomic E-state index is 0.310. The number of aryl methyl sites for hydroxylation is 1. The van der Waals surface area contributed by atoms with Gasteiger partial charge in [-0.1, -0.05) is 26.3 Å². The minimum absolute atomic E-state index is 0.310. The highest BCUT2D eigenvalue weighted by molar-refractivity contribution is 5.51. The van der Waals surface area contributed by atoms with Gasteiger partial charge in [-0.25, -0.2) is 0 Å². The second-order valence-corrected chi connectivity index (χ2v) is 4.30. The summed E-state index contributed by atoms with van der Waals surface area (Å²) < 4.78 is 5.68. The van der Waals surface area contributed by atoms with E-state index in [0.29, 0.717) is 17.7 Å². The van der Waals surface area contributed by atoms with Crippen molar-refractivity contribution in [3.05, 3.63) is 29.8 Å². The summed E-state index contributed by atoms with van der Waals surface area (Å²) in [7, 11) is 0. The monoisotopic (exact) mass is 231 g/mol. The maximum atomic E-state index is 5.68. The Labute approximate surface area is 101 Å². The highest BCUT2D eigenvalue weighted by Gasteiger charge is 2.15. The van der Waals surface area contributed by atoms with Crippen molar-refractivity contribution in [1.29, 1.82) is 0 Å². The first-order chi connectivity index (χ1) is 8.22. The Bertz CT molecular complexity index is 493. The molecule has 17 heavy (non-hydrogen) atoms. The van der Waals surface area contributed by atoms with Crippen LogP contribution < -0.4 is 0 Å². The van der Waals surface area contributed by atoms with E-state index in [1.54, 1.807) is 6.20 Å². The van der Waals surface area contributed by atoms with Crippen molar-refractivity contribution in [1.82, 2.24) is 15.2 Å². The van der Waals surface area contributed by atoms with Gasteiger partial charge in [-0.15, -0.1) is 10.2 Å². The molecule has 4 nitrogen and oxygen atoms in total. The summed E-state index contributed by atoms with van der Waals surface area (Å²) in [6.07, 6.45) is 3.91. The van der Waals surface area contributed by atoms with Crippen molar-refractivity contribution < 1.29 is 4.42 Å². The number of rotatable bonds is 4. The van der Waals surface area contributed by atoms with Crippen molar-refractivity contribution in [2.45, 2.75) is 39.5 Å². The van der Waals surface area contributed by atoms with Gasteiger partial charge in [0, 0.05) is 12.1 Å². The summed E-state index contributed by atoms with van der Waals surface area (Å²) in [4.78, 5) is 4.27. The molecule has 0 aliphatic rings. The minimum Gasteiger partial charge on any atom is -0.419 e.